The normalized spacial score (nSPS) is 12.3. The van der Waals surface area contributed by atoms with Gasteiger partial charge in [-0.3, -0.25) is 4.79 Å². The van der Waals surface area contributed by atoms with Gasteiger partial charge in [-0.1, -0.05) is 5.16 Å². The van der Waals surface area contributed by atoms with E-state index in [9.17, 15) is 4.79 Å². The highest BCUT2D eigenvalue weighted by atomic mass is 16.7. The minimum absolute atomic E-state index is 0.0738. The Labute approximate surface area is 142 Å². The average molecular weight is 341 g/mol. The third kappa shape index (κ3) is 3.30. The van der Waals surface area contributed by atoms with Crippen LogP contribution < -0.4 is 14.8 Å². The van der Waals surface area contributed by atoms with E-state index in [0.717, 1.165) is 13.0 Å². The van der Waals surface area contributed by atoms with Gasteiger partial charge in [0, 0.05) is 31.0 Å². The van der Waals surface area contributed by atoms with Gasteiger partial charge in [-0.2, -0.15) is 4.98 Å². The second kappa shape index (κ2) is 6.63. The molecule has 128 valence electrons. The molecular weight excluding hydrogens is 326 g/mol. The van der Waals surface area contributed by atoms with Crippen molar-refractivity contribution < 1.29 is 18.8 Å². The van der Waals surface area contributed by atoms with Gasteiger partial charge < -0.3 is 23.9 Å². The Morgan fingerprint density at radius 3 is 3.08 bits per heavy atom. The third-order valence-corrected chi connectivity index (χ3v) is 3.69. The molecule has 1 N–H and O–H groups in total. The van der Waals surface area contributed by atoms with Crippen LogP contribution in [0.5, 0.6) is 11.5 Å². The molecule has 0 saturated heterocycles. The number of carbonyl (C=O) groups is 1. The van der Waals surface area contributed by atoms with Gasteiger partial charge in [0.2, 0.25) is 12.6 Å². The van der Waals surface area contributed by atoms with E-state index in [2.05, 4.69) is 20.4 Å². The first-order valence-electron chi connectivity index (χ1n) is 7.77. The zero-order chi connectivity index (χ0) is 17.1. The Balaban J connectivity index is 1.35. The largest absolute Gasteiger partial charge is 0.454 e. The van der Waals surface area contributed by atoms with Gasteiger partial charge in [0.1, 0.15) is 0 Å². The fourth-order valence-electron chi connectivity index (χ4n) is 2.43. The quantitative estimate of drug-likeness (QED) is 0.677. The molecule has 0 fully saturated rings. The Hall–Kier alpha value is -3.36. The molecule has 9 nitrogen and oxygen atoms in total. The van der Waals surface area contributed by atoms with E-state index in [-0.39, 0.29) is 12.7 Å². The summed E-state index contributed by atoms with van der Waals surface area (Å²) in [6.07, 6.45) is 6.09. The highest BCUT2D eigenvalue weighted by Gasteiger charge is 2.19. The Kier molecular flexibility index (Phi) is 4.03. The van der Waals surface area contributed by atoms with E-state index in [0.29, 0.717) is 29.4 Å². The first-order chi connectivity index (χ1) is 12.3. The molecule has 4 rings (SSSR count). The van der Waals surface area contributed by atoms with Crippen LogP contribution in [0.4, 0.5) is 0 Å². The predicted octanol–water partition coefficient (Wildman–Crippen LogP) is 1.48. The molecule has 0 radical (unpaired) electrons. The number of amides is 1. The summed E-state index contributed by atoms with van der Waals surface area (Å²) in [6.45, 7) is 1.46. The highest BCUT2D eigenvalue weighted by Crippen LogP contribution is 2.35. The van der Waals surface area contributed by atoms with Crippen LogP contribution in [-0.4, -0.2) is 38.9 Å². The molecule has 1 amide bonds. The highest BCUT2D eigenvalue weighted by molar-refractivity contribution is 5.89. The van der Waals surface area contributed by atoms with Crippen molar-refractivity contribution in [1.82, 2.24) is 25.0 Å². The molecule has 0 atom stereocenters. The van der Waals surface area contributed by atoms with Crippen molar-refractivity contribution in [1.29, 1.82) is 0 Å². The zero-order valence-corrected chi connectivity index (χ0v) is 13.2. The molecule has 0 spiro atoms. The summed E-state index contributed by atoms with van der Waals surface area (Å²) in [6, 6.07) is 5.30. The van der Waals surface area contributed by atoms with E-state index in [4.69, 9.17) is 14.0 Å². The number of rotatable bonds is 6. The van der Waals surface area contributed by atoms with Gasteiger partial charge in [0.25, 0.3) is 0 Å². The fourth-order valence-corrected chi connectivity index (χ4v) is 2.43. The van der Waals surface area contributed by atoms with E-state index >= 15 is 0 Å². The van der Waals surface area contributed by atoms with Crippen LogP contribution in [0.25, 0.3) is 11.4 Å². The van der Waals surface area contributed by atoms with Gasteiger partial charge in [0.15, 0.2) is 11.5 Å². The van der Waals surface area contributed by atoms with Crippen molar-refractivity contribution in [3.8, 4) is 22.9 Å². The number of hydrogen-bond donors (Lipinski definition) is 1. The molecule has 3 aromatic rings. The minimum atomic E-state index is -0.398. The van der Waals surface area contributed by atoms with E-state index in [1.807, 2.05) is 10.8 Å². The topological polar surface area (TPSA) is 104 Å². The minimum Gasteiger partial charge on any atom is -0.454 e. The van der Waals surface area contributed by atoms with Gasteiger partial charge in [-0.25, -0.2) is 4.98 Å². The summed E-state index contributed by atoms with van der Waals surface area (Å²) in [7, 11) is 0. The van der Waals surface area contributed by atoms with Crippen molar-refractivity contribution in [3.05, 3.63) is 42.8 Å². The number of aromatic nitrogens is 4. The summed E-state index contributed by atoms with van der Waals surface area (Å²) in [5, 5.41) is 6.60. The zero-order valence-electron chi connectivity index (χ0n) is 13.2. The predicted molar refractivity (Wildman–Crippen MR) is 85.0 cm³/mol. The second-order valence-electron chi connectivity index (χ2n) is 5.40. The van der Waals surface area contributed by atoms with Crippen LogP contribution in [0.15, 0.2) is 41.4 Å². The number of imidazole rings is 1. The lowest BCUT2D eigenvalue weighted by Gasteiger charge is -2.02. The number of nitrogens with one attached hydrogen (secondary N) is 1. The van der Waals surface area contributed by atoms with Crippen LogP contribution in [-0.2, 0) is 6.54 Å². The molecule has 1 aliphatic heterocycles. The van der Waals surface area contributed by atoms with Crippen LogP contribution in [0.1, 0.15) is 17.1 Å². The van der Waals surface area contributed by atoms with Crippen molar-refractivity contribution in [2.45, 2.75) is 13.0 Å². The lowest BCUT2D eigenvalue weighted by molar-refractivity contribution is 0.0909. The number of ether oxygens (including phenoxy) is 2. The van der Waals surface area contributed by atoms with E-state index in [1.54, 1.807) is 30.7 Å². The summed E-state index contributed by atoms with van der Waals surface area (Å²) in [5.74, 6) is 1.14. The first kappa shape index (κ1) is 15.2. The smallest absolute Gasteiger partial charge is 0.316 e. The maximum Gasteiger partial charge on any atom is 0.316 e. The van der Waals surface area contributed by atoms with Crippen LogP contribution in [0.2, 0.25) is 0 Å². The number of fused-ring (bicyclic) bond motifs is 1. The molecule has 1 aliphatic rings. The molecule has 9 heteroatoms. The molecule has 0 aliphatic carbocycles. The molecule has 1 aromatic carbocycles. The lowest BCUT2D eigenvalue weighted by atomic mass is 10.2. The molecule has 0 unspecified atom stereocenters. The molecule has 3 heterocycles. The summed E-state index contributed by atoms with van der Waals surface area (Å²) in [5.41, 5.74) is 0.687. The van der Waals surface area contributed by atoms with E-state index in [1.165, 1.54) is 0 Å². The van der Waals surface area contributed by atoms with Gasteiger partial charge in [-0.15, -0.1) is 0 Å². The van der Waals surface area contributed by atoms with Crippen molar-refractivity contribution in [3.63, 3.8) is 0 Å². The number of benzene rings is 1. The monoisotopic (exact) mass is 341 g/mol. The van der Waals surface area contributed by atoms with Crippen molar-refractivity contribution >= 4 is 5.91 Å². The third-order valence-electron chi connectivity index (χ3n) is 3.69. The fraction of sp³-hybridized carbons (Fsp3) is 0.250. The van der Waals surface area contributed by atoms with Gasteiger partial charge >= 0.3 is 11.8 Å². The molecule has 0 bridgehead atoms. The Morgan fingerprint density at radius 2 is 2.20 bits per heavy atom. The summed E-state index contributed by atoms with van der Waals surface area (Å²) >= 11 is 0. The van der Waals surface area contributed by atoms with E-state index < -0.39 is 5.91 Å². The summed E-state index contributed by atoms with van der Waals surface area (Å²) in [4.78, 5) is 20.2. The number of hydrogen-bond acceptors (Lipinski definition) is 7. The van der Waals surface area contributed by atoms with Gasteiger partial charge in [-0.05, 0) is 24.6 Å². The van der Waals surface area contributed by atoms with Crippen LogP contribution >= 0.6 is 0 Å². The Bertz CT molecular complexity index is 875. The average Bonchev–Trinajstić information content (AvgIpc) is 3.39. The molecular formula is C16H15N5O4. The van der Waals surface area contributed by atoms with Crippen molar-refractivity contribution in [2.75, 3.05) is 13.3 Å². The number of nitrogens with zero attached hydrogens (tertiary/aromatic N) is 4. The second-order valence-corrected chi connectivity index (χ2v) is 5.40. The molecule has 25 heavy (non-hydrogen) atoms. The molecule has 2 aromatic heterocycles. The SMILES string of the molecule is O=C(NCCCn1ccnc1)c1nc(-c2ccc3c(c2)OCO3)no1. The number of carbonyl (C=O) groups excluding carboxylic acids is 1. The van der Waals surface area contributed by atoms with Gasteiger partial charge in [0.05, 0.1) is 6.33 Å². The van der Waals surface area contributed by atoms with Crippen LogP contribution in [0.3, 0.4) is 0 Å². The lowest BCUT2D eigenvalue weighted by Crippen LogP contribution is -2.25. The maximum absolute atomic E-state index is 12.1. The standard InChI is InChI=1S/C16H15N5O4/c22-15(18-4-1-6-21-7-5-17-9-21)16-19-14(20-25-16)11-2-3-12-13(8-11)24-10-23-12/h2-3,5,7-9H,1,4,6,10H2,(H,18,22). The summed E-state index contributed by atoms with van der Waals surface area (Å²) < 4.78 is 17.6. The molecule has 0 saturated carbocycles. The first-order valence-corrected chi connectivity index (χ1v) is 7.77. The number of aryl methyl sites for hydroxylation is 1. The van der Waals surface area contributed by atoms with Crippen molar-refractivity contribution in [2.24, 2.45) is 0 Å². The Morgan fingerprint density at radius 1 is 1.28 bits per heavy atom. The maximum atomic E-state index is 12.1. The van der Waals surface area contributed by atoms with Crippen LogP contribution in [0, 0.1) is 0 Å².